The Balaban J connectivity index is 1.45. The van der Waals surface area contributed by atoms with E-state index in [1.807, 2.05) is 56.4 Å². The molecule has 0 aliphatic heterocycles. The summed E-state index contributed by atoms with van der Waals surface area (Å²) in [6.07, 6.45) is 5.80. The molecular formula is C26H29N5O2S. The maximum atomic E-state index is 13.4. The molecule has 0 bridgehead atoms. The number of nitrogens with zero attached hydrogens (tertiary/aromatic N) is 2. The summed E-state index contributed by atoms with van der Waals surface area (Å²) >= 11 is 0. The Labute approximate surface area is 199 Å². The van der Waals surface area contributed by atoms with Crippen LogP contribution in [0, 0.1) is 5.92 Å². The maximum Gasteiger partial charge on any atom is 0.241 e. The third-order valence-corrected chi connectivity index (χ3v) is 8.31. The molecule has 2 heterocycles. The van der Waals surface area contributed by atoms with Crippen molar-refractivity contribution < 1.29 is 8.42 Å². The monoisotopic (exact) mass is 475 g/mol. The van der Waals surface area contributed by atoms with E-state index in [-0.39, 0.29) is 12.0 Å². The van der Waals surface area contributed by atoms with Crippen LogP contribution in [0.3, 0.4) is 0 Å². The van der Waals surface area contributed by atoms with Crippen molar-refractivity contribution in [3.05, 3.63) is 59.4 Å². The van der Waals surface area contributed by atoms with E-state index in [0.717, 1.165) is 70.3 Å². The lowest BCUT2D eigenvalue weighted by Gasteiger charge is -2.18. The van der Waals surface area contributed by atoms with Crippen molar-refractivity contribution in [1.82, 2.24) is 19.7 Å². The third kappa shape index (κ3) is 3.84. The van der Waals surface area contributed by atoms with Gasteiger partial charge in [-0.1, -0.05) is 26.0 Å². The number of aromatic amines is 1. The predicted molar refractivity (Wildman–Crippen MR) is 135 cm³/mol. The molecular weight excluding hydrogens is 446 g/mol. The van der Waals surface area contributed by atoms with Crippen LogP contribution in [0.2, 0.25) is 0 Å². The Morgan fingerprint density at radius 1 is 1.12 bits per heavy atom. The molecule has 2 aliphatic carbocycles. The van der Waals surface area contributed by atoms with Gasteiger partial charge >= 0.3 is 0 Å². The van der Waals surface area contributed by atoms with E-state index in [0.29, 0.717) is 17.4 Å². The molecule has 7 nitrogen and oxygen atoms in total. The second-order valence-electron chi connectivity index (χ2n) is 9.96. The zero-order valence-corrected chi connectivity index (χ0v) is 20.2. The van der Waals surface area contributed by atoms with Gasteiger partial charge in [0.25, 0.3) is 0 Å². The van der Waals surface area contributed by atoms with Crippen molar-refractivity contribution >= 4 is 37.8 Å². The average molecular weight is 476 g/mol. The largest absolute Gasteiger partial charge is 0.349 e. The van der Waals surface area contributed by atoms with Crippen LogP contribution >= 0.6 is 0 Å². The number of nitrogens with one attached hydrogen (secondary N) is 3. The Morgan fingerprint density at radius 3 is 2.71 bits per heavy atom. The summed E-state index contributed by atoms with van der Waals surface area (Å²) in [5, 5.41) is 5.25. The molecule has 1 fully saturated rings. The molecule has 0 saturated heterocycles. The minimum atomic E-state index is -3.64. The van der Waals surface area contributed by atoms with Crippen LogP contribution in [0.15, 0.2) is 47.5 Å². The Bertz CT molecular complexity index is 1470. The number of aryl methyl sites for hydroxylation is 1. The molecule has 34 heavy (non-hydrogen) atoms. The number of fused-ring (bicyclic) bond motifs is 4. The number of hydrogen-bond donors (Lipinski definition) is 3. The van der Waals surface area contributed by atoms with Crippen LogP contribution < -0.4 is 10.0 Å². The van der Waals surface area contributed by atoms with Crippen molar-refractivity contribution in [2.45, 2.75) is 56.4 Å². The molecule has 0 unspecified atom stereocenters. The molecule has 0 radical (unpaired) electrons. The van der Waals surface area contributed by atoms with Crippen LogP contribution in [0.5, 0.6) is 0 Å². The van der Waals surface area contributed by atoms with Gasteiger partial charge in [0, 0.05) is 35.1 Å². The summed E-state index contributed by atoms with van der Waals surface area (Å²) < 4.78 is 29.5. The van der Waals surface area contributed by atoms with Crippen molar-refractivity contribution in [3.8, 4) is 0 Å². The van der Waals surface area contributed by atoms with Gasteiger partial charge in [0.1, 0.15) is 0 Å². The SMILES string of the molecule is CC(C)CNS(=O)(=O)c1cc2c(c3cnc(C4CC4)cc13)[C@@H](Nc1nc3ccccc3[nH]1)CC2. The third-order valence-electron chi connectivity index (χ3n) is 6.85. The maximum absolute atomic E-state index is 13.4. The van der Waals surface area contributed by atoms with Gasteiger partial charge in [0.15, 0.2) is 0 Å². The highest BCUT2D eigenvalue weighted by Crippen LogP contribution is 2.44. The normalized spacial score (nSPS) is 18.1. The summed E-state index contributed by atoms with van der Waals surface area (Å²) in [7, 11) is -3.64. The summed E-state index contributed by atoms with van der Waals surface area (Å²) in [6, 6.07) is 11.9. The molecule has 4 aromatic rings. The summed E-state index contributed by atoms with van der Waals surface area (Å²) in [4.78, 5) is 13.2. The molecule has 3 N–H and O–H groups in total. The summed E-state index contributed by atoms with van der Waals surface area (Å²) in [6.45, 7) is 4.43. The van der Waals surface area contributed by atoms with Crippen molar-refractivity contribution in [2.24, 2.45) is 5.92 Å². The highest BCUT2D eigenvalue weighted by Gasteiger charge is 2.32. The number of aromatic nitrogens is 3. The van der Waals surface area contributed by atoms with Crippen LogP contribution in [0.4, 0.5) is 5.95 Å². The van der Waals surface area contributed by atoms with Gasteiger partial charge in [-0.3, -0.25) is 4.98 Å². The predicted octanol–water partition coefficient (Wildman–Crippen LogP) is 5.02. The standard InChI is InChI=1S/C26H29N5O2S/c1-15(2)13-28-34(32,33)24-11-17-9-10-22(31-26-29-20-5-3-4-6-21(20)30-26)25(17)19-14-27-23(12-18(19)24)16-7-8-16/h3-6,11-12,14-16,22,28H,7-10,13H2,1-2H3,(H2,29,30,31)/t22-/m0/s1. The first kappa shape index (κ1) is 21.6. The number of rotatable bonds is 7. The molecule has 6 rings (SSSR count). The fourth-order valence-corrected chi connectivity index (χ4v) is 6.41. The van der Waals surface area contributed by atoms with Crippen LogP contribution in [0.25, 0.3) is 21.8 Å². The van der Waals surface area contributed by atoms with Gasteiger partial charge in [-0.25, -0.2) is 18.1 Å². The topological polar surface area (TPSA) is 99.8 Å². The van der Waals surface area contributed by atoms with E-state index >= 15 is 0 Å². The molecule has 1 saturated carbocycles. The smallest absolute Gasteiger partial charge is 0.241 e. The zero-order chi connectivity index (χ0) is 23.4. The summed E-state index contributed by atoms with van der Waals surface area (Å²) in [5.74, 6) is 1.41. The zero-order valence-electron chi connectivity index (χ0n) is 19.4. The first-order valence-electron chi connectivity index (χ1n) is 12.1. The number of sulfonamides is 1. The fraction of sp³-hybridized carbons (Fsp3) is 0.385. The first-order chi connectivity index (χ1) is 16.4. The fourth-order valence-electron chi connectivity index (χ4n) is 4.95. The molecule has 176 valence electrons. The number of hydrogen-bond acceptors (Lipinski definition) is 5. The van der Waals surface area contributed by atoms with Crippen molar-refractivity contribution in [1.29, 1.82) is 0 Å². The van der Waals surface area contributed by atoms with E-state index in [1.54, 1.807) is 0 Å². The average Bonchev–Trinajstić information content (AvgIpc) is 3.47. The number of imidazole rings is 1. The Kier molecular flexibility index (Phi) is 5.11. The van der Waals surface area contributed by atoms with Gasteiger partial charge in [-0.2, -0.15) is 0 Å². The lowest BCUT2D eigenvalue weighted by molar-refractivity contribution is 0.561. The number of benzene rings is 2. The van der Waals surface area contributed by atoms with Gasteiger partial charge in [0.2, 0.25) is 16.0 Å². The number of H-pyrrole nitrogens is 1. The van der Waals surface area contributed by atoms with Crippen LogP contribution in [-0.4, -0.2) is 29.9 Å². The number of pyridine rings is 1. The van der Waals surface area contributed by atoms with E-state index in [1.165, 1.54) is 0 Å². The minimum Gasteiger partial charge on any atom is -0.349 e. The van der Waals surface area contributed by atoms with Gasteiger partial charge < -0.3 is 10.3 Å². The molecule has 8 heteroatoms. The van der Waals surface area contributed by atoms with Crippen molar-refractivity contribution in [3.63, 3.8) is 0 Å². The molecule has 1 atom stereocenters. The van der Waals surface area contributed by atoms with E-state index < -0.39 is 10.0 Å². The number of para-hydroxylation sites is 2. The van der Waals surface area contributed by atoms with Crippen LogP contribution in [0.1, 0.15) is 61.9 Å². The highest BCUT2D eigenvalue weighted by molar-refractivity contribution is 7.89. The van der Waals surface area contributed by atoms with Gasteiger partial charge in [-0.05, 0) is 67.0 Å². The highest BCUT2D eigenvalue weighted by atomic mass is 32.2. The Morgan fingerprint density at radius 2 is 1.94 bits per heavy atom. The second-order valence-corrected chi connectivity index (χ2v) is 11.7. The lowest BCUT2D eigenvalue weighted by atomic mass is 9.99. The molecule has 2 aromatic carbocycles. The van der Waals surface area contributed by atoms with E-state index in [4.69, 9.17) is 4.98 Å². The van der Waals surface area contributed by atoms with Crippen molar-refractivity contribution in [2.75, 3.05) is 11.9 Å². The quantitative estimate of drug-likeness (QED) is 0.348. The second kappa shape index (κ2) is 8.06. The molecule has 0 spiro atoms. The summed E-state index contributed by atoms with van der Waals surface area (Å²) in [5.41, 5.74) is 5.09. The minimum absolute atomic E-state index is 0.0343. The van der Waals surface area contributed by atoms with E-state index in [9.17, 15) is 8.42 Å². The molecule has 2 aliphatic rings. The molecule has 0 amide bonds. The first-order valence-corrected chi connectivity index (χ1v) is 13.5. The van der Waals surface area contributed by atoms with E-state index in [2.05, 4.69) is 20.0 Å². The lowest BCUT2D eigenvalue weighted by Crippen LogP contribution is -2.28. The van der Waals surface area contributed by atoms with Crippen LogP contribution in [-0.2, 0) is 16.4 Å². The van der Waals surface area contributed by atoms with Gasteiger partial charge in [-0.15, -0.1) is 0 Å². The molecule has 2 aromatic heterocycles. The Hall–Kier alpha value is -2.97. The van der Waals surface area contributed by atoms with Gasteiger partial charge in [0.05, 0.1) is 22.0 Å². The number of anilines is 1.